The number of aliphatic carboxylic acids is 1. The SMILES string of the molecule is CCOCC(C)n1c(CO)nnc1SCC(=O)O. The summed E-state index contributed by atoms with van der Waals surface area (Å²) in [6.07, 6.45) is 0. The number of carboxylic acid groups (broad SMARTS) is 1. The number of carbonyl (C=O) groups is 1. The molecule has 0 radical (unpaired) electrons. The van der Waals surface area contributed by atoms with Crippen molar-refractivity contribution in [3.63, 3.8) is 0 Å². The van der Waals surface area contributed by atoms with Gasteiger partial charge in [-0.15, -0.1) is 10.2 Å². The Bertz CT molecular complexity index is 396. The average Bonchev–Trinajstić information content (AvgIpc) is 2.76. The first-order chi connectivity index (χ1) is 8.60. The molecule has 1 unspecified atom stereocenters. The Balaban J connectivity index is 2.83. The van der Waals surface area contributed by atoms with E-state index in [4.69, 9.17) is 9.84 Å². The summed E-state index contributed by atoms with van der Waals surface area (Å²) in [5.74, 6) is -0.599. The normalized spacial score (nSPS) is 12.6. The molecule has 2 N–H and O–H groups in total. The van der Waals surface area contributed by atoms with Crippen LogP contribution >= 0.6 is 11.8 Å². The third-order valence-corrected chi connectivity index (χ3v) is 3.13. The van der Waals surface area contributed by atoms with E-state index < -0.39 is 5.97 Å². The number of nitrogens with zero attached hydrogens (tertiary/aromatic N) is 3. The van der Waals surface area contributed by atoms with Gasteiger partial charge in [0.1, 0.15) is 6.61 Å². The number of aromatic nitrogens is 3. The molecule has 0 saturated carbocycles. The molecule has 0 aliphatic rings. The zero-order chi connectivity index (χ0) is 13.5. The number of ether oxygens (including phenoxy) is 1. The Morgan fingerprint density at radius 3 is 2.83 bits per heavy atom. The molecule has 1 heterocycles. The maximum Gasteiger partial charge on any atom is 0.313 e. The monoisotopic (exact) mass is 275 g/mol. The predicted molar refractivity (Wildman–Crippen MR) is 65.5 cm³/mol. The number of hydrogen-bond donors (Lipinski definition) is 2. The van der Waals surface area contributed by atoms with Crippen LogP contribution in [0.15, 0.2) is 5.16 Å². The summed E-state index contributed by atoms with van der Waals surface area (Å²) in [5, 5.41) is 26.1. The number of aliphatic hydroxyl groups excluding tert-OH is 1. The fourth-order valence-corrected chi connectivity index (χ4v) is 2.22. The average molecular weight is 275 g/mol. The van der Waals surface area contributed by atoms with Crippen LogP contribution in [0.4, 0.5) is 0 Å². The predicted octanol–water partition coefficient (Wildman–Crippen LogP) is 0.545. The first-order valence-corrected chi connectivity index (χ1v) is 6.55. The fraction of sp³-hybridized carbons (Fsp3) is 0.700. The highest BCUT2D eigenvalue weighted by Crippen LogP contribution is 2.21. The molecule has 0 fully saturated rings. The zero-order valence-corrected chi connectivity index (χ0v) is 11.2. The van der Waals surface area contributed by atoms with Gasteiger partial charge in [-0.05, 0) is 13.8 Å². The van der Waals surface area contributed by atoms with Crippen molar-refractivity contribution < 1.29 is 19.7 Å². The van der Waals surface area contributed by atoms with Gasteiger partial charge in [-0.2, -0.15) is 0 Å². The van der Waals surface area contributed by atoms with Gasteiger partial charge in [-0.25, -0.2) is 0 Å². The first-order valence-electron chi connectivity index (χ1n) is 5.57. The van der Waals surface area contributed by atoms with E-state index in [2.05, 4.69) is 10.2 Å². The van der Waals surface area contributed by atoms with Gasteiger partial charge in [0.05, 0.1) is 18.4 Å². The summed E-state index contributed by atoms with van der Waals surface area (Å²) in [6.45, 7) is 4.62. The summed E-state index contributed by atoms with van der Waals surface area (Å²) in [4.78, 5) is 10.5. The van der Waals surface area contributed by atoms with Crippen LogP contribution in [0.5, 0.6) is 0 Å². The minimum Gasteiger partial charge on any atom is -0.481 e. The quantitative estimate of drug-likeness (QED) is 0.668. The second-order valence-corrected chi connectivity index (χ2v) is 4.56. The summed E-state index contributed by atoms with van der Waals surface area (Å²) in [6, 6.07) is -0.0570. The molecule has 8 heteroatoms. The fourth-order valence-electron chi connectivity index (χ4n) is 1.45. The van der Waals surface area contributed by atoms with E-state index in [1.807, 2.05) is 13.8 Å². The van der Waals surface area contributed by atoms with E-state index in [1.165, 1.54) is 0 Å². The highest BCUT2D eigenvalue weighted by molar-refractivity contribution is 7.99. The minimum absolute atomic E-state index is 0.0570. The number of aliphatic hydroxyl groups is 1. The van der Waals surface area contributed by atoms with E-state index in [0.717, 1.165) is 11.8 Å². The molecule has 0 aromatic carbocycles. The molecule has 0 spiro atoms. The van der Waals surface area contributed by atoms with Crippen molar-refractivity contribution in [1.82, 2.24) is 14.8 Å². The second-order valence-electron chi connectivity index (χ2n) is 3.62. The van der Waals surface area contributed by atoms with Gasteiger partial charge in [0.2, 0.25) is 0 Å². The lowest BCUT2D eigenvalue weighted by molar-refractivity contribution is -0.133. The van der Waals surface area contributed by atoms with Crippen LogP contribution in [0.1, 0.15) is 25.7 Å². The van der Waals surface area contributed by atoms with Gasteiger partial charge in [0.25, 0.3) is 0 Å². The van der Waals surface area contributed by atoms with E-state index in [0.29, 0.717) is 24.2 Å². The van der Waals surface area contributed by atoms with Crippen molar-refractivity contribution in [1.29, 1.82) is 0 Å². The van der Waals surface area contributed by atoms with Gasteiger partial charge in [0.15, 0.2) is 11.0 Å². The summed E-state index contributed by atoms with van der Waals surface area (Å²) < 4.78 is 7.03. The molecule has 1 rings (SSSR count). The molecule has 1 atom stereocenters. The van der Waals surface area contributed by atoms with Crippen LogP contribution in [0, 0.1) is 0 Å². The molecule has 0 aliphatic carbocycles. The van der Waals surface area contributed by atoms with Crippen molar-refractivity contribution in [2.24, 2.45) is 0 Å². The van der Waals surface area contributed by atoms with Gasteiger partial charge in [-0.1, -0.05) is 11.8 Å². The molecule has 0 bridgehead atoms. The molecule has 0 saturated heterocycles. The molecular formula is C10H17N3O4S. The number of rotatable bonds is 8. The van der Waals surface area contributed by atoms with Gasteiger partial charge < -0.3 is 14.9 Å². The van der Waals surface area contributed by atoms with Gasteiger partial charge >= 0.3 is 5.97 Å². The van der Waals surface area contributed by atoms with Gasteiger partial charge in [0, 0.05) is 6.61 Å². The Labute approximate surface area is 109 Å². The number of carboxylic acids is 1. The third kappa shape index (κ3) is 3.97. The smallest absolute Gasteiger partial charge is 0.313 e. The van der Waals surface area contributed by atoms with E-state index >= 15 is 0 Å². The first kappa shape index (κ1) is 14.9. The molecule has 1 aromatic heterocycles. The van der Waals surface area contributed by atoms with Crippen molar-refractivity contribution in [2.45, 2.75) is 31.7 Å². The van der Waals surface area contributed by atoms with Crippen LogP contribution < -0.4 is 0 Å². The summed E-state index contributed by atoms with van der Waals surface area (Å²) >= 11 is 1.08. The summed E-state index contributed by atoms with van der Waals surface area (Å²) in [5.41, 5.74) is 0. The lowest BCUT2D eigenvalue weighted by Crippen LogP contribution is -2.16. The maximum absolute atomic E-state index is 10.5. The molecule has 0 aliphatic heterocycles. The lowest BCUT2D eigenvalue weighted by atomic mass is 10.3. The Kier molecular flexibility index (Phi) is 6.10. The highest BCUT2D eigenvalue weighted by Gasteiger charge is 2.18. The number of hydrogen-bond acceptors (Lipinski definition) is 6. The van der Waals surface area contributed by atoms with E-state index in [-0.39, 0.29) is 18.4 Å². The number of thioether (sulfide) groups is 1. The largest absolute Gasteiger partial charge is 0.481 e. The molecule has 1 aromatic rings. The summed E-state index contributed by atoms with van der Waals surface area (Å²) in [7, 11) is 0. The highest BCUT2D eigenvalue weighted by atomic mass is 32.2. The minimum atomic E-state index is -0.919. The third-order valence-electron chi connectivity index (χ3n) is 2.21. The molecule has 7 nitrogen and oxygen atoms in total. The van der Waals surface area contributed by atoms with E-state index in [1.54, 1.807) is 4.57 Å². The Hall–Kier alpha value is -1.12. The van der Waals surface area contributed by atoms with Crippen molar-refractivity contribution in [3.05, 3.63) is 5.82 Å². The van der Waals surface area contributed by atoms with Crippen LogP contribution in [0.25, 0.3) is 0 Å². The van der Waals surface area contributed by atoms with Crippen molar-refractivity contribution in [2.75, 3.05) is 19.0 Å². The lowest BCUT2D eigenvalue weighted by Gasteiger charge is -2.16. The Morgan fingerprint density at radius 1 is 1.56 bits per heavy atom. The molecule has 102 valence electrons. The maximum atomic E-state index is 10.5. The van der Waals surface area contributed by atoms with Crippen molar-refractivity contribution >= 4 is 17.7 Å². The Morgan fingerprint density at radius 2 is 2.28 bits per heavy atom. The topological polar surface area (TPSA) is 97.5 Å². The van der Waals surface area contributed by atoms with Crippen molar-refractivity contribution in [3.8, 4) is 0 Å². The van der Waals surface area contributed by atoms with Crippen LogP contribution in [0.2, 0.25) is 0 Å². The van der Waals surface area contributed by atoms with Gasteiger partial charge in [-0.3, -0.25) is 9.36 Å². The second kappa shape index (κ2) is 7.34. The molecular weight excluding hydrogens is 258 g/mol. The van der Waals surface area contributed by atoms with Crippen LogP contribution in [0.3, 0.4) is 0 Å². The molecule has 18 heavy (non-hydrogen) atoms. The van der Waals surface area contributed by atoms with Crippen LogP contribution in [-0.2, 0) is 16.1 Å². The standard InChI is InChI=1S/C10H17N3O4S/c1-3-17-5-7(2)13-8(4-14)11-12-10(13)18-6-9(15)16/h7,14H,3-6H2,1-2H3,(H,15,16). The zero-order valence-electron chi connectivity index (χ0n) is 10.4. The van der Waals surface area contributed by atoms with E-state index in [9.17, 15) is 9.90 Å². The van der Waals surface area contributed by atoms with Crippen LogP contribution in [-0.4, -0.2) is 49.9 Å². The molecule has 0 amide bonds.